The van der Waals surface area contributed by atoms with Crippen LogP contribution in [-0.4, -0.2) is 37.6 Å². The summed E-state index contributed by atoms with van der Waals surface area (Å²) in [4.78, 5) is 2.64. The van der Waals surface area contributed by atoms with E-state index in [1.807, 2.05) is 0 Å². The van der Waals surface area contributed by atoms with Gasteiger partial charge in [0.15, 0.2) is 0 Å². The molecule has 1 saturated heterocycles. The SMILES string of the molecule is CCCCCCCN1CCCC(NC)C1. The molecule has 1 N–H and O–H groups in total. The Hall–Kier alpha value is -0.0800. The maximum Gasteiger partial charge on any atom is 0.0192 e. The number of rotatable bonds is 7. The topological polar surface area (TPSA) is 15.3 Å². The minimum Gasteiger partial charge on any atom is -0.316 e. The molecular formula is C13H28N2. The second-order valence-corrected chi connectivity index (χ2v) is 4.84. The third kappa shape index (κ3) is 5.53. The molecule has 0 radical (unpaired) electrons. The van der Waals surface area contributed by atoms with Crippen LogP contribution in [0.4, 0.5) is 0 Å². The van der Waals surface area contributed by atoms with E-state index in [-0.39, 0.29) is 0 Å². The Labute approximate surface area is 95.4 Å². The first kappa shape index (κ1) is 13.0. The summed E-state index contributed by atoms with van der Waals surface area (Å²) in [5, 5.41) is 3.40. The monoisotopic (exact) mass is 212 g/mol. The lowest BCUT2D eigenvalue weighted by atomic mass is 10.1. The maximum absolute atomic E-state index is 3.40. The molecule has 2 nitrogen and oxygen atoms in total. The van der Waals surface area contributed by atoms with E-state index in [4.69, 9.17) is 0 Å². The van der Waals surface area contributed by atoms with Gasteiger partial charge in [0.1, 0.15) is 0 Å². The van der Waals surface area contributed by atoms with Crippen molar-refractivity contribution in [1.82, 2.24) is 10.2 Å². The van der Waals surface area contributed by atoms with Crippen molar-refractivity contribution < 1.29 is 0 Å². The van der Waals surface area contributed by atoms with Gasteiger partial charge in [0, 0.05) is 12.6 Å². The molecule has 1 fully saturated rings. The Bertz CT molecular complexity index is 147. The minimum absolute atomic E-state index is 0.745. The number of hydrogen-bond donors (Lipinski definition) is 1. The highest BCUT2D eigenvalue weighted by Gasteiger charge is 2.17. The highest BCUT2D eigenvalue weighted by molar-refractivity contribution is 4.76. The van der Waals surface area contributed by atoms with Crippen LogP contribution in [0.3, 0.4) is 0 Å². The molecule has 0 amide bonds. The van der Waals surface area contributed by atoms with Gasteiger partial charge >= 0.3 is 0 Å². The van der Waals surface area contributed by atoms with Gasteiger partial charge < -0.3 is 10.2 Å². The summed E-state index contributed by atoms with van der Waals surface area (Å²) in [6.45, 7) is 6.19. The molecule has 1 unspecified atom stereocenters. The van der Waals surface area contributed by atoms with E-state index in [1.165, 1.54) is 64.6 Å². The normalized spacial score (nSPS) is 23.2. The van der Waals surface area contributed by atoms with E-state index in [0.717, 1.165) is 6.04 Å². The molecule has 0 saturated carbocycles. The van der Waals surface area contributed by atoms with E-state index in [1.54, 1.807) is 0 Å². The number of hydrogen-bond acceptors (Lipinski definition) is 2. The summed E-state index contributed by atoms with van der Waals surface area (Å²) < 4.78 is 0. The van der Waals surface area contributed by atoms with Gasteiger partial charge in [0.25, 0.3) is 0 Å². The summed E-state index contributed by atoms with van der Waals surface area (Å²) in [5.74, 6) is 0. The Morgan fingerprint density at radius 2 is 2.00 bits per heavy atom. The van der Waals surface area contributed by atoms with Crippen LogP contribution in [-0.2, 0) is 0 Å². The van der Waals surface area contributed by atoms with Crippen LogP contribution < -0.4 is 5.32 Å². The van der Waals surface area contributed by atoms with Crippen LogP contribution in [0.2, 0.25) is 0 Å². The number of piperidine rings is 1. The van der Waals surface area contributed by atoms with Crippen molar-refractivity contribution in [2.45, 2.75) is 57.9 Å². The van der Waals surface area contributed by atoms with Gasteiger partial charge in [0.05, 0.1) is 0 Å². The van der Waals surface area contributed by atoms with Crippen LogP contribution in [0.5, 0.6) is 0 Å². The zero-order valence-corrected chi connectivity index (χ0v) is 10.6. The van der Waals surface area contributed by atoms with E-state index in [0.29, 0.717) is 0 Å². The van der Waals surface area contributed by atoms with E-state index < -0.39 is 0 Å². The summed E-state index contributed by atoms with van der Waals surface area (Å²) in [7, 11) is 2.09. The molecule has 0 spiro atoms. The van der Waals surface area contributed by atoms with Crippen molar-refractivity contribution in [2.24, 2.45) is 0 Å². The summed E-state index contributed by atoms with van der Waals surface area (Å²) in [6, 6.07) is 0.745. The van der Waals surface area contributed by atoms with Crippen LogP contribution >= 0.6 is 0 Å². The molecule has 15 heavy (non-hydrogen) atoms. The van der Waals surface area contributed by atoms with Gasteiger partial charge in [-0.05, 0) is 39.4 Å². The lowest BCUT2D eigenvalue weighted by Gasteiger charge is -2.32. The number of nitrogens with one attached hydrogen (secondary N) is 1. The highest BCUT2D eigenvalue weighted by Crippen LogP contribution is 2.11. The third-order valence-electron chi connectivity index (χ3n) is 3.49. The zero-order chi connectivity index (χ0) is 10.9. The average molecular weight is 212 g/mol. The molecule has 1 aliphatic rings. The third-order valence-corrected chi connectivity index (χ3v) is 3.49. The van der Waals surface area contributed by atoms with E-state index in [9.17, 15) is 0 Å². The molecule has 0 aromatic heterocycles. The maximum atomic E-state index is 3.40. The molecule has 0 bridgehead atoms. The van der Waals surface area contributed by atoms with Crippen molar-refractivity contribution in [3.63, 3.8) is 0 Å². The second kappa shape index (κ2) is 8.12. The van der Waals surface area contributed by atoms with Gasteiger partial charge in [-0.15, -0.1) is 0 Å². The lowest BCUT2D eigenvalue weighted by Crippen LogP contribution is -2.44. The molecule has 1 heterocycles. The second-order valence-electron chi connectivity index (χ2n) is 4.84. The lowest BCUT2D eigenvalue weighted by molar-refractivity contribution is 0.192. The predicted molar refractivity (Wildman–Crippen MR) is 67.3 cm³/mol. The molecule has 90 valence electrons. The summed E-state index contributed by atoms with van der Waals surface area (Å²) >= 11 is 0. The van der Waals surface area contributed by atoms with Crippen molar-refractivity contribution in [3.8, 4) is 0 Å². The molecule has 2 heteroatoms. The fourth-order valence-corrected chi connectivity index (χ4v) is 2.43. The largest absolute Gasteiger partial charge is 0.316 e. The smallest absolute Gasteiger partial charge is 0.0192 e. The standard InChI is InChI=1S/C13H28N2/c1-3-4-5-6-7-10-15-11-8-9-13(12-15)14-2/h13-14H,3-12H2,1-2H3. The van der Waals surface area contributed by atoms with Crippen molar-refractivity contribution >= 4 is 0 Å². The molecule has 0 aromatic rings. The summed E-state index contributed by atoms with van der Waals surface area (Å²) in [5.41, 5.74) is 0. The van der Waals surface area contributed by atoms with Gasteiger partial charge in [0.2, 0.25) is 0 Å². The van der Waals surface area contributed by atoms with E-state index >= 15 is 0 Å². The Balaban J connectivity index is 2.00. The van der Waals surface area contributed by atoms with Crippen molar-refractivity contribution in [2.75, 3.05) is 26.7 Å². The van der Waals surface area contributed by atoms with Gasteiger partial charge in [-0.3, -0.25) is 0 Å². The molecule has 1 atom stereocenters. The predicted octanol–water partition coefficient (Wildman–Crippen LogP) is 2.64. The minimum atomic E-state index is 0.745. The molecule has 1 aliphatic heterocycles. The molecule has 1 rings (SSSR count). The highest BCUT2D eigenvalue weighted by atomic mass is 15.2. The number of likely N-dealkylation sites (tertiary alicyclic amines) is 1. The Morgan fingerprint density at radius 3 is 2.73 bits per heavy atom. The van der Waals surface area contributed by atoms with Gasteiger partial charge in [-0.25, -0.2) is 0 Å². The number of likely N-dealkylation sites (N-methyl/N-ethyl adjacent to an activating group) is 1. The number of nitrogens with zero attached hydrogens (tertiary/aromatic N) is 1. The zero-order valence-electron chi connectivity index (χ0n) is 10.6. The average Bonchev–Trinajstić information content (AvgIpc) is 2.29. The first-order valence-corrected chi connectivity index (χ1v) is 6.76. The Kier molecular flexibility index (Phi) is 7.03. The first-order chi connectivity index (χ1) is 7.36. The van der Waals surface area contributed by atoms with E-state index in [2.05, 4.69) is 24.2 Å². The fraction of sp³-hybridized carbons (Fsp3) is 1.00. The van der Waals surface area contributed by atoms with Crippen molar-refractivity contribution in [3.05, 3.63) is 0 Å². The Morgan fingerprint density at radius 1 is 1.20 bits per heavy atom. The van der Waals surface area contributed by atoms with Crippen LogP contribution in [0.1, 0.15) is 51.9 Å². The molecule has 0 aliphatic carbocycles. The first-order valence-electron chi connectivity index (χ1n) is 6.76. The quantitative estimate of drug-likeness (QED) is 0.653. The molecular weight excluding hydrogens is 184 g/mol. The van der Waals surface area contributed by atoms with Crippen molar-refractivity contribution in [1.29, 1.82) is 0 Å². The van der Waals surface area contributed by atoms with Crippen LogP contribution in [0.15, 0.2) is 0 Å². The van der Waals surface area contributed by atoms with Crippen LogP contribution in [0, 0.1) is 0 Å². The summed E-state index contributed by atoms with van der Waals surface area (Å²) in [6.07, 6.45) is 9.76. The fourth-order valence-electron chi connectivity index (χ4n) is 2.43. The van der Waals surface area contributed by atoms with Gasteiger partial charge in [-0.2, -0.15) is 0 Å². The molecule has 0 aromatic carbocycles. The van der Waals surface area contributed by atoms with Crippen LogP contribution in [0.25, 0.3) is 0 Å². The number of unbranched alkanes of at least 4 members (excludes halogenated alkanes) is 4. The van der Waals surface area contributed by atoms with Gasteiger partial charge in [-0.1, -0.05) is 32.6 Å².